The smallest absolute Gasteiger partial charge is 0.238 e. The van der Waals surface area contributed by atoms with Crippen molar-refractivity contribution in [3.63, 3.8) is 0 Å². The minimum Gasteiger partial charge on any atom is -0.354 e. The SMILES string of the molecule is CC1(C)c2ccccc2N(c2ccccc2)c2c1[nH]c1c2ccc2c3ccccc3n(-c3nc(-c4ccccc4)nc(-c4ccccc4)n3)c21. The van der Waals surface area contributed by atoms with Crippen LogP contribution in [0.2, 0.25) is 0 Å². The van der Waals surface area contributed by atoms with Crippen molar-refractivity contribution in [2.24, 2.45) is 0 Å². The van der Waals surface area contributed by atoms with Gasteiger partial charge in [0.05, 0.1) is 33.6 Å². The van der Waals surface area contributed by atoms with Gasteiger partial charge in [-0.05, 0) is 35.9 Å². The van der Waals surface area contributed by atoms with Crippen LogP contribution in [0.3, 0.4) is 0 Å². The standard InChI is InChI=1S/C44H32N6/c1-44(2)34-23-13-15-25-36(34)49(30-20-10-5-11-21-30)39-33-27-26-32-31-22-12-14-24-35(31)50(38(32)37(33)45-40(39)44)43-47-41(28-16-6-3-7-17-28)46-42(48-43)29-18-8-4-9-19-29/h3-27,45H,1-2H3. The number of hydrogen-bond acceptors (Lipinski definition) is 4. The van der Waals surface area contributed by atoms with Crippen LogP contribution in [0.4, 0.5) is 17.1 Å². The van der Waals surface area contributed by atoms with Crippen molar-refractivity contribution in [3.8, 4) is 28.7 Å². The summed E-state index contributed by atoms with van der Waals surface area (Å²) < 4.78 is 2.22. The first-order valence-corrected chi connectivity index (χ1v) is 17.0. The highest BCUT2D eigenvalue weighted by Crippen LogP contribution is 2.55. The quantitative estimate of drug-likeness (QED) is 0.207. The fourth-order valence-electron chi connectivity index (χ4n) is 7.79. The molecule has 0 radical (unpaired) electrons. The molecular formula is C44H32N6. The molecule has 1 aliphatic rings. The predicted molar refractivity (Wildman–Crippen MR) is 204 cm³/mol. The molecular weight excluding hydrogens is 613 g/mol. The predicted octanol–water partition coefficient (Wildman–Crippen LogP) is 10.9. The van der Waals surface area contributed by atoms with Crippen molar-refractivity contribution in [3.05, 3.63) is 163 Å². The molecule has 10 rings (SSSR count). The molecule has 0 spiro atoms. The van der Waals surface area contributed by atoms with E-state index in [2.05, 4.69) is 144 Å². The van der Waals surface area contributed by atoms with E-state index in [0.29, 0.717) is 17.6 Å². The van der Waals surface area contributed by atoms with Crippen molar-refractivity contribution in [1.82, 2.24) is 24.5 Å². The Bertz CT molecular complexity index is 2670. The summed E-state index contributed by atoms with van der Waals surface area (Å²) in [4.78, 5) is 21.8. The Balaban J connectivity index is 1.33. The summed E-state index contributed by atoms with van der Waals surface area (Å²) in [6.07, 6.45) is 0. The maximum absolute atomic E-state index is 5.20. The van der Waals surface area contributed by atoms with Crippen molar-refractivity contribution in [2.45, 2.75) is 19.3 Å². The van der Waals surface area contributed by atoms with Gasteiger partial charge in [0.25, 0.3) is 0 Å². The first kappa shape index (κ1) is 28.5. The molecule has 3 aromatic heterocycles. The molecule has 6 aromatic carbocycles. The Morgan fingerprint density at radius 2 is 1.12 bits per heavy atom. The highest BCUT2D eigenvalue weighted by molar-refractivity contribution is 6.20. The molecule has 0 atom stereocenters. The molecule has 0 fully saturated rings. The molecule has 0 amide bonds. The third-order valence-corrected chi connectivity index (χ3v) is 10.1. The lowest BCUT2D eigenvalue weighted by atomic mass is 9.76. The molecule has 6 nitrogen and oxygen atoms in total. The molecule has 0 aliphatic carbocycles. The zero-order valence-corrected chi connectivity index (χ0v) is 27.7. The van der Waals surface area contributed by atoms with E-state index in [0.717, 1.165) is 49.5 Å². The number of benzene rings is 6. The first-order chi connectivity index (χ1) is 24.6. The van der Waals surface area contributed by atoms with Gasteiger partial charge in [0, 0.05) is 38.4 Å². The molecule has 9 aromatic rings. The number of rotatable bonds is 4. The normalized spacial score (nSPS) is 13.5. The number of nitrogens with zero attached hydrogens (tertiary/aromatic N) is 5. The van der Waals surface area contributed by atoms with Crippen LogP contribution in [-0.4, -0.2) is 24.5 Å². The van der Waals surface area contributed by atoms with Crippen LogP contribution in [0.15, 0.2) is 152 Å². The average molecular weight is 645 g/mol. The third kappa shape index (κ3) is 4.12. The Morgan fingerprint density at radius 3 is 1.82 bits per heavy atom. The fraction of sp³-hybridized carbons (Fsp3) is 0.0682. The first-order valence-electron chi connectivity index (χ1n) is 17.0. The number of nitrogens with one attached hydrogen (secondary N) is 1. The highest BCUT2D eigenvalue weighted by atomic mass is 15.2. The van der Waals surface area contributed by atoms with Crippen LogP contribution in [0.5, 0.6) is 0 Å². The van der Waals surface area contributed by atoms with Crippen LogP contribution in [0.1, 0.15) is 25.1 Å². The van der Waals surface area contributed by atoms with E-state index in [1.807, 2.05) is 36.4 Å². The lowest BCUT2D eigenvalue weighted by Gasteiger charge is -2.40. The Morgan fingerprint density at radius 1 is 0.540 bits per heavy atom. The molecule has 0 unspecified atom stereocenters. The summed E-state index contributed by atoms with van der Waals surface area (Å²) in [5, 5.41) is 3.42. The van der Waals surface area contributed by atoms with Gasteiger partial charge in [0.1, 0.15) is 0 Å². The summed E-state index contributed by atoms with van der Waals surface area (Å²) >= 11 is 0. The van der Waals surface area contributed by atoms with E-state index in [4.69, 9.17) is 15.0 Å². The van der Waals surface area contributed by atoms with Crippen LogP contribution in [0, 0.1) is 0 Å². The largest absolute Gasteiger partial charge is 0.354 e. The Hall–Kier alpha value is -6.53. The van der Waals surface area contributed by atoms with E-state index in [9.17, 15) is 0 Å². The summed E-state index contributed by atoms with van der Waals surface area (Å²) in [6.45, 7) is 4.64. The summed E-state index contributed by atoms with van der Waals surface area (Å²) in [5.41, 5.74) is 10.6. The van der Waals surface area contributed by atoms with Gasteiger partial charge in [-0.15, -0.1) is 0 Å². The van der Waals surface area contributed by atoms with Crippen LogP contribution < -0.4 is 4.90 Å². The molecule has 238 valence electrons. The van der Waals surface area contributed by atoms with Gasteiger partial charge < -0.3 is 9.88 Å². The second-order valence-corrected chi connectivity index (χ2v) is 13.4. The molecule has 4 heterocycles. The zero-order chi connectivity index (χ0) is 33.4. The average Bonchev–Trinajstić information content (AvgIpc) is 3.73. The van der Waals surface area contributed by atoms with Crippen LogP contribution in [0.25, 0.3) is 61.4 Å². The zero-order valence-electron chi connectivity index (χ0n) is 27.7. The number of aromatic amines is 1. The molecule has 50 heavy (non-hydrogen) atoms. The molecule has 1 aliphatic heterocycles. The van der Waals surface area contributed by atoms with Gasteiger partial charge in [0.2, 0.25) is 5.95 Å². The van der Waals surface area contributed by atoms with Crippen LogP contribution >= 0.6 is 0 Å². The van der Waals surface area contributed by atoms with E-state index in [1.54, 1.807) is 0 Å². The van der Waals surface area contributed by atoms with Crippen LogP contribution in [-0.2, 0) is 5.41 Å². The minimum absolute atomic E-state index is 0.284. The second-order valence-electron chi connectivity index (χ2n) is 13.4. The van der Waals surface area contributed by atoms with Gasteiger partial charge in [-0.1, -0.05) is 135 Å². The van der Waals surface area contributed by atoms with Crippen molar-refractivity contribution >= 4 is 49.8 Å². The van der Waals surface area contributed by atoms with Gasteiger partial charge in [-0.2, -0.15) is 9.97 Å². The molecule has 0 saturated carbocycles. The number of hydrogen-bond donors (Lipinski definition) is 1. The van der Waals surface area contributed by atoms with E-state index in [1.165, 1.54) is 22.6 Å². The lowest BCUT2D eigenvalue weighted by Crippen LogP contribution is -2.30. The van der Waals surface area contributed by atoms with Crippen molar-refractivity contribution < 1.29 is 0 Å². The fourth-order valence-corrected chi connectivity index (χ4v) is 7.79. The minimum atomic E-state index is -0.284. The van der Waals surface area contributed by atoms with Crippen molar-refractivity contribution in [1.29, 1.82) is 0 Å². The van der Waals surface area contributed by atoms with E-state index >= 15 is 0 Å². The van der Waals surface area contributed by atoms with E-state index < -0.39 is 0 Å². The van der Waals surface area contributed by atoms with E-state index in [-0.39, 0.29) is 5.41 Å². The van der Waals surface area contributed by atoms with Gasteiger partial charge in [0.15, 0.2) is 11.6 Å². The number of H-pyrrole nitrogens is 1. The second kappa shape index (κ2) is 10.7. The topological polar surface area (TPSA) is 62.6 Å². The Labute approximate surface area is 289 Å². The summed E-state index contributed by atoms with van der Waals surface area (Å²) in [6, 6.07) is 52.8. The molecule has 1 N–H and O–H groups in total. The third-order valence-electron chi connectivity index (χ3n) is 10.1. The lowest BCUT2D eigenvalue weighted by molar-refractivity contribution is 0.615. The number of aromatic nitrogens is 5. The maximum Gasteiger partial charge on any atom is 0.238 e. The number of anilines is 3. The number of fused-ring (bicyclic) bond motifs is 8. The molecule has 0 bridgehead atoms. The summed E-state index contributed by atoms with van der Waals surface area (Å²) in [7, 11) is 0. The monoisotopic (exact) mass is 644 g/mol. The van der Waals surface area contributed by atoms with Gasteiger partial charge in [-0.25, -0.2) is 4.98 Å². The summed E-state index contributed by atoms with van der Waals surface area (Å²) in [5.74, 6) is 1.83. The Kier molecular flexibility index (Phi) is 6.12. The highest BCUT2D eigenvalue weighted by Gasteiger charge is 2.40. The van der Waals surface area contributed by atoms with Crippen molar-refractivity contribution in [2.75, 3.05) is 4.90 Å². The number of para-hydroxylation sites is 3. The molecule has 6 heteroatoms. The maximum atomic E-state index is 5.20. The molecule has 0 saturated heterocycles. The van der Waals surface area contributed by atoms with Gasteiger partial charge in [-0.3, -0.25) is 4.57 Å². The van der Waals surface area contributed by atoms with Gasteiger partial charge >= 0.3 is 0 Å².